The maximum absolute atomic E-state index is 12.3. The van der Waals surface area contributed by atoms with Crippen LogP contribution in [-0.2, 0) is 4.79 Å². The van der Waals surface area contributed by atoms with E-state index in [2.05, 4.69) is 22.8 Å². The second-order valence-corrected chi connectivity index (χ2v) is 6.88. The fraction of sp³-hybridized carbons (Fsp3) is 0.611. The Balaban J connectivity index is 0.00000264. The van der Waals surface area contributed by atoms with Gasteiger partial charge in [0.15, 0.2) is 0 Å². The number of aliphatic hydroxyl groups excluding tert-OH is 1. The zero-order chi connectivity index (χ0) is 16.0. The van der Waals surface area contributed by atoms with Gasteiger partial charge in [-0.1, -0.05) is 44.2 Å². The number of nitrogens with one attached hydrogen (secondary N) is 2. The maximum atomic E-state index is 12.3. The first-order valence-electron chi connectivity index (χ1n) is 8.19. The molecule has 1 aromatic rings. The molecule has 0 aromatic heterocycles. The Morgan fingerprint density at radius 1 is 1.30 bits per heavy atom. The topological polar surface area (TPSA) is 61.4 Å². The molecule has 130 valence electrons. The van der Waals surface area contributed by atoms with Crippen molar-refractivity contribution in [2.75, 3.05) is 26.2 Å². The van der Waals surface area contributed by atoms with Gasteiger partial charge in [0.2, 0.25) is 5.91 Å². The Kier molecular flexibility index (Phi) is 8.03. The number of rotatable bonds is 6. The van der Waals surface area contributed by atoms with Crippen molar-refractivity contribution >= 4 is 18.3 Å². The first kappa shape index (κ1) is 19.9. The van der Waals surface area contributed by atoms with Gasteiger partial charge in [0.25, 0.3) is 0 Å². The fourth-order valence-electron chi connectivity index (χ4n) is 3.07. The zero-order valence-electron chi connectivity index (χ0n) is 14.0. The van der Waals surface area contributed by atoms with Crippen molar-refractivity contribution in [3.05, 3.63) is 35.9 Å². The minimum absolute atomic E-state index is 0. The lowest BCUT2D eigenvalue weighted by Crippen LogP contribution is -2.42. The molecule has 3 N–H and O–H groups in total. The second-order valence-electron chi connectivity index (χ2n) is 6.88. The smallest absolute Gasteiger partial charge is 0.223 e. The van der Waals surface area contributed by atoms with E-state index in [4.69, 9.17) is 0 Å². The lowest BCUT2D eigenvalue weighted by atomic mass is 9.75. The van der Waals surface area contributed by atoms with Crippen molar-refractivity contribution < 1.29 is 9.90 Å². The van der Waals surface area contributed by atoms with E-state index in [1.165, 1.54) is 0 Å². The summed E-state index contributed by atoms with van der Waals surface area (Å²) in [5.41, 5.74) is 0.884. The van der Waals surface area contributed by atoms with Crippen LogP contribution in [0, 0.1) is 11.3 Å². The summed E-state index contributed by atoms with van der Waals surface area (Å²) >= 11 is 0. The molecule has 1 aromatic carbocycles. The molecule has 0 aliphatic carbocycles. The summed E-state index contributed by atoms with van der Waals surface area (Å²) in [4.78, 5) is 12.3. The highest BCUT2D eigenvalue weighted by atomic mass is 35.5. The summed E-state index contributed by atoms with van der Waals surface area (Å²) in [6.07, 6.45) is 1.82. The molecule has 1 heterocycles. The number of piperidine rings is 1. The van der Waals surface area contributed by atoms with Crippen LogP contribution in [0.4, 0.5) is 0 Å². The summed E-state index contributed by atoms with van der Waals surface area (Å²) < 4.78 is 0. The average Bonchev–Trinajstić information content (AvgIpc) is 2.56. The van der Waals surface area contributed by atoms with Gasteiger partial charge >= 0.3 is 0 Å². The highest BCUT2D eigenvalue weighted by Gasteiger charge is 2.31. The van der Waals surface area contributed by atoms with Crippen LogP contribution in [0.25, 0.3) is 0 Å². The first-order chi connectivity index (χ1) is 10.5. The third-order valence-corrected chi connectivity index (χ3v) is 4.74. The molecule has 0 radical (unpaired) electrons. The van der Waals surface area contributed by atoms with Crippen LogP contribution in [0.2, 0.25) is 0 Å². The highest BCUT2D eigenvalue weighted by molar-refractivity contribution is 5.85. The highest BCUT2D eigenvalue weighted by Crippen LogP contribution is 2.34. The van der Waals surface area contributed by atoms with Crippen LogP contribution < -0.4 is 10.6 Å². The fourth-order valence-corrected chi connectivity index (χ4v) is 3.07. The van der Waals surface area contributed by atoms with Gasteiger partial charge in [-0.2, -0.15) is 0 Å². The second kappa shape index (κ2) is 9.26. The van der Waals surface area contributed by atoms with E-state index < -0.39 is 0 Å². The number of hydrogen-bond acceptors (Lipinski definition) is 3. The Bertz CT molecular complexity index is 473. The van der Waals surface area contributed by atoms with Gasteiger partial charge in [-0.05, 0) is 36.9 Å². The zero-order valence-corrected chi connectivity index (χ0v) is 14.9. The molecule has 1 aliphatic heterocycles. The van der Waals surface area contributed by atoms with Crippen molar-refractivity contribution in [2.24, 2.45) is 11.3 Å². The van der Waals surface area contributed by atoms with Crippen molar-refractivity contribution in [2.45, 2.75) is 32.6 Å². The minimum Gasteiger partial charge on any atom is -0.396 e. The molecule has 1 unspecified atom stereocenters. The summed E-state index contributed by atoms with van der Waals surface area (Å²) in [6, 6.07) is 10.1. The minimum atomic E-state index is -0.275. The summed E-state index contributed by atoms with van der Waals surface area (Å²) in [5.74, 6) is 0.371. The Morgan fingerprint density at radius 2 is 1.91 bits per heavy atom. The van der Waals surface area contributed by atoms with E-state index >= 15 is 0 Å². The SMILES string of the molecule is CC(C)(CO)C(CNC(=O)C1CCNCC1)c1ccccc1.Cl. The van der Waals surface area contributed by atoms with Crippen LogP contribution in [0.15, 0.2) is 30.3 Å². The lowest BCUT2D eigenvalue weighted by molar-refractivity contribution is -0.125. The van der Waals surface area contributed by atoms with Crippen molar-refractivity contribution in [1.29, 1.82) is 0 Å². The molecule has 4 nitrogen and oxygen atoms in total. The van der Waals surface area contributed by atoms with E-state index in [0.29, 0.717) is 6.54 Å². The number of amides is 1. The molecule has 0 bridgehead atoms. The molecule has 23 heavy (non-hydrogen) atoms. The molecule has 5 heteroatoms. The van der Waals surface area contributed by atoms with E-state index in [-0.39, 0.29) is 42.2 Å². The Morgan fingerprint density at radius 3 is 2.48 bits per heavy atom. The van der Waals surface area contributed by atoms with Crippen LogP contribution in [0.5, 0.6) is 0 Å². The van der Waals surface area contributed by atoms with E-state index in [1.807, 2.05) is 32.0 Å². The molecule has 1 fully saturated rings. The average molecular weight is 341 g/mol. The molecular formula is C18H29ClN2O2. The number of halogens is 1. The predicted molar refractivity (Wildman–Crippen MR) is 95.9 cm³/mol. The van der Waals surface area contributed by atoms with E-state index in [1.54, 1.807) is 0 Å². The number of hydrogen-bond donors (Lipinski definition) is 3. The van der Waals surface area contributed by atoms with Crippen LogP contribution >= 0.6 is 12.4 Å². The molecular weight excluding hydrogens is 312 g/mol. The third-order valence-electron chi connectivity index (χ3n) is 4.74. The van der Waals surface area contributed by atoms with Gasteiger partial charge in [0, 0.05) is 25.0 Å². The van der Waals surface area contributed by atoms with Crippen LogP contribution in [0.3, 0.4) is 0 Å². The van der Waals surface area contributed by atoms with Gasteiger partial charge in [-0.3, -0.25) is 4.79 Å². The Hall–Kier alpha value is -1.10. The largest absolute Gasteiger partial charge is 0.396 e. The lowest BCUT2D eigenvalue weighted by Gasteiger charge is -2.34. The maximum Gasteiger partial charge on any atom is 0.223 e. The standard InChI is InChI=1S/C18H28N2O2.ClH/c1-18(2,13-21)16(14-6-4-3-5-7-14)12-20-17(22)15-8-10-19-11-9-15;/h3-7,15-16,19,21H,8-13H2,1-2H3,(H,20,22);1H. The third kappa shape index (κ3) is 5.48. The summed E-state index contributed by atoms with van der Waals surface area (Å²) in [5, 5.41) is 16.1. The van der Waals surface area contributed by atoms with Gasteiger partial charge in [0.05, 0.1) is 0 Å². The molecule has 1 aliphatic rings. The van der Waals surface area contributed by atoms with Crippen LogP contribution in [0.1, 0.15) is 38.2 Å². The molecule has 1 amide bonds. The molecule has 1 saturated heterocycles. The van der Waals surface area contributed by atoms with E-state index in [9.17, 15) is 9.90 Å². The molecule has 1 atom stereocenters. The van der Waals surface area contributed by atoms with E-state index in [0.717, 1.165) is 31.5 Å². The van der Waals surface area contributed by atoms with Gasteiger partial charge in [-0.15, -0.1) is 12.4 Å². The monoisotopic (exact) mass is 340 g/mol. The molecule has 0 saturated carbocycles. The van der Waals surface area contributed by atoms with Gasteiger partial charge in [-0.25, -0.2) is 0 Å². The van der Waals surface area contributed by atoms with Gasteiger partial charge in [0.1, 0.15) is 0 Å². The quantitative estimate of drug-likeness (QED) is 0.744. The molecule has 2 rings (SSSR count). The normalized spacial score (nSPS) is 17.2. The van der Waals surface area contributed by atoms with Crippen molar-refractivity contribution in [1.82, 2.24) is 10.6 Å². The first-order valence-corrected chi connectivity index (χ1v) is 8.19. The number of aliphatic hydroxyl groups is 1. The summed E-state index contributed by atoms with van der Waals surface area (Å²) in [7, 11) is 0. The predicted octanol–water partition coefficient (Wildman–Crippen LogP) is 2.33. The van der Waals surface area contributed by atoms with Crippen molar-refractivity contribution in [3.63, 3.8) is 0 Å². The summed E-state index contributed by atoms with van der Waals surface area (Å²) in [6.45, 7) is 6.59. The molecule has 0 spiro atoms. The Labute approximate surface area is 145 Å². The van der Waals surface area contributed by atoms with Gasteiger partial charge < -0.3 is 15.7 Å². The number of carbonyl (C=O) groups excluding carboxylic acids is 1. The van der Waals surface area contributed by atoms with Crippen LogP contribution in [-0.4, -0.2) is 37.3 Å². The number of carbonyl (C=O) groups is 1. The van der Waals surface area contributed by atoms with Crippen molar-refractivity contribution in [3.8, 4) is 0 Å². The number of benzene rings is 1.